The first-order chi connectivity index (χ1) is 8.63. The van der Waals surface area contributed by atoms with E-state index in [0.717, 1.165) is 19.3 Å². The molecule has 98 valence electrons. The number of rotatable bonds is 3. The third-order valence-corrected chi connectivity index (χ3v) is 3.64. The molecule has 0 bridgehead atoms. The fraction of sp³-hybridized carbons (Fsp3) is 0.583. The number of hydrogen-bond acceptors (Lipinski definition) is 4. The first-order valence-corrected chi connectivity index (χ1v) is 6.16. The van der Waals surface area contributed by atoms with Crippen molar-refractivity contribution in [3.8, 4) is 0 Å². The summed E-state index contributed by atoms with van der Waals surface area (Å²) in [6.07, 6.45) is 3.15. The van der Waals surface area contributed by atoms with Crippen LogP contribution in [0.4, 0.5) is 0 Å². The monoisotopic (exact) mass is 250 g/mol. The van der Waals surface area contributed by atoms with Gasteiger partial charge >= 0.3 is 0 Å². The average molecular weight is 250 g/mol. The molecule has 0 aromatic carbocycles. The predicted molar refractivity (Wildman–Crippen MR) is 67.1 cm³/mol. The Balaban J connectivity index is 2.13. The zero-order valence-electron chi connectivity index (χ0n) is 10.4. The van der Waals surface area contributed by atoms with Crippen LogP contribution in [0, 0.1) is 5.92 Å². The van der Waals surface area contributed by atoms with Crippen molar-refractivity contribution < 1.29 is 4.79 Å². The third-order valence-electron chi connectivity index (χ3n) is 3.64. The van der Waals surface area contributed by atoms with Gasteiger partial charge in [0.25, 0.3) is 11.5 Å². The number of nitrogens with one attached hydrogen (secondary N) is 1. The van der Waals surface area contributed by atoms with Gasteiger partial charge in [-0.3, -0.25) is 9.59 Å². The zero-order valence-corrected chi connectivity index (χ0v) is 10.4. The summed E-state index contributed by atoms with van der Waals surface area (Å²) in [5, 5.41) is 6.04. The van der Waals surface area contributed by atoms with Gasteiger partial charge in [-0.1, -0.05) is 6.42 Å². The molecular weight excluding hydrogens is 232 g/mol. The van der Waals surface area contributed by atoms with E-state index in [4.69, 9.17) is 5.73 Å². The lowest BCUT2D eigenvalue weighted by Gasteiger charge is -2.28. The molecule has 1 fully saturated rings. The Labute approximate surface area is 105 Å². The van der Waals surface area contributed by atoms with Crippen LogP contribution < -0.4 is 11.3 Å². The largest absolute Gasteiger partial charge is 0.337 e. The number of amides is 1. The molecular formula is C12H18N4O2. The minimum absolute atomic E-state index is 0.170. The summed E-state index contributed by atoms with van der Waals surface area (Å²) in [6, 6.07) is 2.93. The van der Waals surface area contributed by atoms with Gasteiger partial charge in [0.1, 0.15) is 5.69 Å². The molecule has 1 heterocycles. The molecule has 0 radical (unpaired) electrons. The van der Waals surface area contributed by atoms with E-state index in [1.54, 1.807) is 11.9 Å². The minimum Gasteiger partial charge on any atom is -0.337 e. The van der Waals surface area contributed by atoms with E-state index in [1.165, 1.54) is 12.1 Å². The van der Waals surface area contributed by atoms with Gasteiger partial charge in [0, 0.05) is 19.2 Å². The van der Waals surface area contributed by atoms with E-state index in [-0.39, 0.29) is 23.2 Å². The van der Waals surface area contributed by atoms with Gasteiger partial charge in [0.05, 0.1) is 0 Å². The van der Waals surface area contributed by atoms with Crippen LogP contribution >= 0.6 is 0 Å². The van der Waals surface area contributed by atoms with Crippen LogP contribution in [0.5, 0.6) is 0 Å². The number of carbonyl (C=O) groups excluding carboxylic acids is 1. The number of H-pyrrole nitrogens is 1. The summed E-state index contributed by atoms with van der Waals surface area (Å²) in [5.41, 5.74) is 5.67. The summed E-state index contributed by atoms with van der Waals surface area (Å²) in [5.74, 6) is 0.193. The number of nitrogens with zero attached hydrogens (tertiary/aromatic N) is 2. The van der Waals surface area contributed by atoms with E-state index in [2.05, 4.69) is 10.2 Å². The highest BCUT2D eigenvalue weighted by atomic mass is 16.2. The van der Waals surface area contributed by atoms with E-state index < -0.39 is 0 Å². The summed E-state index contributed by atoms with van der Waals surface area (Å²) in [4.78, 5) is 24.8. The van der Waals surface area contributed by atoms with E-state index >= 15 is 0 Å². The Morgan fingerprint density at radius 3 is 2.94 bits per heavy atom. The molecule has 6 nitrogen and oxygen atoms in total. The second-order valence-electron chi connectivity index (χ2n) is 4.72. The SMILES string of the molecule is CN(C(=O)c1ccc(=O)[nH]n1)C1CCCC1CN. The molecule has 18 heavy (non-hydrogen) atoms. The zero-order chi connectivity index (χ0) is 13.1. The average Bonchev–Trinajstić information content (AvgIpc) is 2.86. The van der Waals surface area contributed by atoms with Gasteiger partial charge in [-0.2, -0.15) is 5.10 Å². The molecule has 1 aromatic heterocycles. The second-order valence-corrected chi connectivity index (χ2v) is 4.72. The van der Waals surface area contributed by atoms with E-state index in [9.17, 15) is 9.59 Å². The lowest BCUT2D eigenvalue weighted by molar-refractivity contribution is 0.0692. The fourth-order valence-electron chi connectivity index (χ4n) is 2.60. The van der Waals surface area contributed by atoms with Crippen molar-refractivity contribution in [2.24, 2.45) is 11.7 Å². The Morgan fingerprint density at radius 1 is 1.56 bits per heavy atom. The van der Waals surface area contributed by atoms with Crippen molar-refractivity contribution in [1.82, 2.24) is 15.1 Å². The summed E-state index contributed by atoms with van der Waals surface area (Å²) in [7, 11) is 1.77. The molecule has 1 aliphatic carbocycles. The number of hydrogen-bond donors (Lipinski definition) is 2. The third kappa shape index (κ3) is 2.43. The van der Waals surface area contributed by atoms with Crippen LogP contribution in [0.3, 0.4) is 0 Å². The summed E-state index contributed by atoms with van der Waals surface area (Å²) >= 11 is 0. The van der Waals surface area contributed by atoms with Crippen molar-refractivity contribution in [3.63, 3.8) is 0 Å². The van der Waals surface area contributed by atoms with Crippen molar-refractivity contribution in [2.75, 3.05) is 13.6 Å². The van der Waals surface area contributed by atoms with Gasteiger partial charge in [-0.15, -0.1) is 0 Å². The van der Waals surface area contributed by atoms with Crippen LogP contribution in [0.15, 0.2) is 16.9 Å². The van der Waals surface area contributed by atoms with Gasteiger partial charge < -0.3 is 10.6 Å². The normalized spacial score (nSPS) is 23.0. The molecule has 0 aliphatic heterocycles. The van der Waals surface area contributed by atoms with Crippen LogP contribution in [0.2, 0.25) is 0 Å². The molecule has 3 N–H and O–H groups in total. The highest BCUT2D eigenvalue weighted by molar-refractivity contribution is 5.92. The summed E-state index contributed by atoms with van der Waals surface area (Å²) < 4.78 is 0. The Morgan fingerprint density at radius 2 is 2.33 bits per heavy atom. The predicted octanol–water partition coefficient (Wildman–Crippen LogP) is -0.0307. The number of carbonyl (C=O) groups is 1. The highest BCUT2D eigenvalue weighted by Crippen LogP contribution is 2.28. The molecule has 2 atom stereocenters. The molecule has 0 spiro atoms. The van der Waals surface area contributed by atoms with Gasteiger partial charge in [-0.05, 0) is 31.4 Å². The van der Waals surface area contributed by atoms with E-state index in [0.29, 0.717) is 12.5 Å². The Kier molecular flexibility index (Phi) is 3.76. The smallest absolute Gasteiger partial charge is 0.274 e. The lowest BCUT2D eigenvalue weighted by atomic mass is 10.0. The molecule has 6 heteroatoms. The Hall–Kier alpha value is -1.69. The maximum absolute atomic E-state index is 12.2. The molecule has 1 saturated carbocycles. The molecule has 1 amide bonds. The molecule has 1 aromatic rings. The van der Waals surface area contributed by atoms with Crippen LogP contribution in [-0.2, 0) is 0 Å². The van der Waals surface area contributed by atoms with Crippen molar-refractivity contribution in [3.05, 3.63) is 28.2 Å². The van der Waals surface area contributed by atoms with Gasteiger partial charge in [0.2, 0.25) is 0 Å². The second kappa shape index (κ2) is 5.30. The summed E-state index contributed by atoms with van der Waals surface area (Å²) in [6.45, 7) is 0.599. The number of aromatic amines is 1. The molecule has 2 rings (SSSR count). The standard InChI is InChI=1S/C12H18N4O2/c1-16(10-4-2-3-8(10)7-13)12(18)9-5-6-11(17)15-14-9/h5-6,8,10H,2-4,7,13H2,1H3,(H,15,17). The maximum atomic E-state index is 12.2. The molecule has 0 saturated heterocycles. The first-order valence-electron chi connectivity index (χ1n) is 6.16. The lowest BCUT2D eigenvalue weighted by Crippen LogP contribution is -2.42. The van der Waals surface area contributed by atoms with Crippen LogP contribution in [0.25, 0.3) is 0 Å². The van der Waals surface area contributed by atoms with Crippen LogP contribution in [-0.4, -0.2) is 40.6 Å². The first kappa shape index (κ1) is 12.8. The Bertz CT molecular complexity index is 465. The maximum Gasteiger partial charge on any atom is 0.274 e. The van der Waals surface area contributed by atoms with Crippen LogP contribution in [0.1, 0.15) is 29.8 Å². The quantitative estimate of drug-likeness (QED) is 0.788. The number of nitrogens with two attached hydrogens (primary N) is 1. The van der Waals surface area contributed by atoms with Gasteiger partial charge in [0.15, 0.2) is 0 Å². The van der Waals surface area contributed by atoms with Gasteiger partial charge in [-0.25, -0.2) is 5.10 Å². The van der Waals surface area contributed by atoms with Crippen molar-refractivity contribution in [2.45, 2.75) is 25.3 Å². The number of aromatic nitrogens is 2. The fourth-order valence-corrected chi connectivity index (χ4v) is 2.60. The highest BCUT2D eigenvalue weighted by Gasteiger charge is 2.32. The van der Waals surface area contributed by atoms with Crippen molar-refractivity contribution >= 4 is 5.91 Å². The minimum atomic E-state index is -0.310. The topological polar surface area (TPSA) is 92.1 Å². The molecule has 2 unspecified atom stereocenters. The van der Waals surface area contributed by atoms with E-state index in [1.807, 2.05) is 0 Å². The molecule has 1 aliphatic rings. The van der Waals surface area contributed by atoms with Crippen molar-refractivity contribution in [1.29, 1.82) is 0 Å².